The summed E-state index contributed by atoms with van der Waals surface area (Å²) in [5.74, 6) is -2.74. The maximum Gasteiger partial charge on any atom is 0.303 e. The molecule has 0 aromatic carbocycles. The van der Waals surface area contributed by atoms with Gasteiger partial charge in [-0.15, -0.1) is 0 Å². The summed E-state index contributed by atoms with van der Waals surface area (Å²) in [6.07, 6.45) is 31.0. The number of epoxide rings is 2. The lowest BCUT2D eigenvalue weighted by atomic mass is 9.91. The second-order valence-electron chi connectivity index (χ2n) is 20.7. The number of nitrogens with one attached hydrogen (secondary N) is 2. The van der Waals surface area contributed by atoms with Gasteiger partial charge in [0.1, 0.15) is 12.7 Å². The molecule has 3 aliphatic rings. The molecule has 0 bridgehead atoms. The van der Waals surface area contributed by atoms with Crippen LogP contribution in [0.5, 0.6) is 0 Å². The van der Waals surface area contributed by atoms with Gasteiger partial charge in [0.25, 0.3) is 0 Å². The Bertz CT molecular complexity index is 1590. The van der Waals surface area contributed by atoms with Crippen molar-refractivity contribution < 1.29 is 66.4 Å². The van der Waals surface area contributed by atoms with E-state index in [4.69, 9.17) is 33.2 Å². The third-order valence-corrected chi connectivity index (χ3v) is 13.8. The number of carbonyl (C=O) groups is 6. The van der Waals surface area contributed by atoms with E-state index in [2.05, 4.69) is 48.8 Å². The highest BCUT2D eigenvalue weighted by Gasteiger charge is 2.52. The van der Waals surface area contributed by atoms with Crippen LogP contribution in [-0.4, -0.2) is 129 Å². The van der Waals surface area contributed by atoms with Crippen LogP contribution >= 0.6 is 0 Å². The molecular weight excluding hydrogens is 923 g/mol. The summed E-state index contributed by atoms with van der Waals surface area (Å²) in [7, 11) is 1.96. The minimum atomic E-state index is -1.25. The number of rotatable bonds is 41. The van der Waals surface area contributed by atoms with Crippen LogP contribution < -0.4 is 10.6 Å². The Kier molecular flexibility index (Phi) is 31.3. The van der Waals surface area contributed by atoms with E-state index in [0.29, 0.717) is 50.2 Å². The first-order valence-corrected chi connectivity index (χ1v) is 27.9. The Morgan fingerprint density at radius 1 is 0.458 bits per heavy atom. The lowest BCUT2D eigenvalue weighted by Gasteiger charge is -2.44. The number of amides is 2. The second-order valence-corrected chi connectivity index (χ2v) is 20.7. The number of unbranched alkanes of at least 4 members (excludes halogenated alkanes) is 14. The van der Waals surface area contributed by atoms with E-state index in [-0.39, 0.29) is 42.7 Å². The number of esters is 4. The fourth-order valence-electron chi connectivity index (χ4n) is 9.50. The van der Waals surface area contributed by atoms with Crippen molar-refractivity contribution in [1.82, 2.24) is 10.6 Å². The summed E-state index contributed by atoms with van der Waals surface area (Å²) in [5, 5.41) is 6.23. The highest BCUT2D eigenvalue weighted by molar-refractivity contribution is 5.76. The molecule has 3 fully saturated rings. The van der Waals surface area contributed by atoms with Crippen LogP contribution in [0.4, 0.5) is 0 Å². The van der Waals surface area contributed by atoms with Crippen molar-refractivity contribution in [1.29, 1.82) is 0 Å². The van der Waals surface area contributed by atoms with Crippen molar-refractivity contribution in [2.75, 3.05) is 33.5 Å². The van der Waals surface area contributed by atoms with Crippen molar-refractivity contribution in [2.24, 2.45) is 0 Å². The molecule has 3 saturated heterocycles. The zero-order chi connectivity index (χ0) is 52.6. The molecule has 0 radical (unpaired) electrons. The van der Waals surface area contributed by atoms with Gasteiger partial charge in [-0.1, -0.05) is 115 Å². The molecule has 412 valence electrons. The summed E-state index contributed by atoms with van der Waals surface area (Å²) in [5.41, 5.74) is 0. The van der Waals surface area contributed by atoms with Crippen LogP contribution in [0.2, 0.25) is 0 Å². The van der Waals surface area contributed by atoms with E-state index in [1.807, 2.05) is 7.05 Å². The van der Waals surface area contributed by atoms with E-state index >= 15 is 0 Å². The molecule has 6 unspecified atom stereocenters. The maximum atomic E-state index is 13.2. The molecule has 9 atom stereocenters. The Balaban J connectivity index is 1.50. The molecule has 2 amide bonds. The molecule has 3 aliphatic heterocycles. The minimum Gasteiger partial charge on any atom is -0.463 e. The summed E-state index contributed by atoms with van der Waals surface area (Å²) in [4.78, 5) is 75.2. The largest absolute Gasteiger partial charge is 0.463 e. The molecule has 3 rings (SSSR count). The first kappa shape index (κ1) is 62.4. The summed E-state index contributed by atoms with van der Waals surface area (Å²) in [6, 6.07) is 0. The van der Waals surface area contributed by atoms with Crippen molar-refractivity contribution in [3.8, 4) is 0 Å². The first-order valence-electron chi connectivity index (χ1n) is 27.9. The second kappa shape index (κ2) is 36.1. The number of hydrogen-bond donors (Lipinski definition) is 2. The summed E-state index contributed by atoms with van der Waals surface area (Å²) in [6.45, 7) is 9.97. The highest BCUT2D eigenvalue weighted by Crippen LogP contribution is 2.33. The van der Waals surface area contributed by atoms with Gasteiger partial charge >= 0.3 is 23.9 Å². The molecule has 3 heterocycles. The van der Waals surface area contributed by atoms with Crippen LogP contribution in [0.1, 0.15) is 208 Å². The Hall–Kier alpha value is -3.86. The zero-order valence-electron chi connectivity index (χ0n) is 45.5. The lowest BCUT2D eigenvalue weighted by Crippen LogP contribution is -2.62. The first-order chi connectivity index (χ1) is 34.6. The topological polar surface area (TPSA) is 198 Å². The average molecular weight is 1020 g/mol. The van der Waals surface area contributed by atoms with Crippen LogP contribution in [0.25, 0.3) is 0 Å². The van der Waals surface area contributed by atoms with Gasteiger partial charge < -0.3 is 43.8 Å². The normalized spacial score (nSPS) is 24.3. The van der Waals surface area contributed by atoms with Crippen LogP contribution in [0, 0.1) is 0 Å². The molecule has 0 spiro atoms. The van der Waals surface area contributed by atoms with Gasteiger partial charge in [0.15, 0.2) is 31.6 Å². The van der Waals surface area contributed by atoms with E-state index in [1.54, 1.807) is 0 Å². The van der Waals surface area contributed by atoms with Gasteiger partial charge in [0.2, 0.25) is 11.8 Å². The van der Waals surface area contributed by atoms with E-state index in [1.165, 1.54) is 79.1 Å². The molecule has 0 saturated carbocycles. The molecule has 2 N–H and O–H groups in total. The van der Waals surface area contributed by atoms with Gasteiger partial charge in [0, 0.05) is 40.5 Å². The molecule has 0 aromatic rings. The molecule has 16 heteroatoms. The summed E-state index contributed by atoms with van der Waals surface area (Å²) >= 11 is 0. The Labute approximate surface area is 432 Å². The van der Waals surface area contributed by atoms with Gasteiger partial charge in [-0.25, -0.2) is 0 Å². The molecule has 16 nitrogen and oxygen atoms in total. The van der Waals surface area contributed by atoms with E-state index in [0.717, 1.165) is 89.9 Å². The Morgan fingerprint density at radius 3 is 1.33 bits per heavy atom. The van der Waals surface area contributed by atoms with Gasteiger partial charge in [-0.2, -0.15) is 0 Å². The van der Waals surface area contributed by atoms with Crippen molar-refractivity contribution >= 4 is 35.7 Å². The third-order valence-electron chi connectivity index (χ3n) is 13.8. The average Bonchev–Trinajstić information content (AvgIpc) is 4.26. The summed E-state index contributed by atoms with van der Waals surface area (Å²) < 4.78 is 40.3. The van der Waals surface area contributed by atoms with E-state index in [9.17, 15) is 28.8 Å². The number of ether oxygens (including phenoxy) is 7. The van der Waals surface area contributed by atoms with Gasteiger partial charge in [0.05, 0.1) is 44.1 Å². The van der Waals surface area contributed by atoms with Crippen molar-refractivity contribution in [3.63, 3.8) is 0 Å². The molecule has 0 aromatic heterocycles. The third kappa shape index (κ3) is 28.0. The quantitative estimate of drug-likeness (QED) is 0.0112. The van der Waals surface area contributed by atoms with E-state index < -0.39 is 54.4 Å². The molecule has 0 aliphatic carbocycles. The number of hydrogen-bond acceptors (Lipinski definition) is 13. The molecular formula is C56H96N3O13+. The highest BCUT2D eigenvalue weighted by atomic mass is 16.7. The maximum absolute atomic E-state index is 13.2. The molecule has 72 heavy (non-hydrogen) atoms. The minimum absolute atomic E-state index is 0.0534. The lowest BCUT2D eigenvalue weighted by molar-refractivity contribution is -0.913. The Morgan fingerprint density at radius 2 is 0.875 bits per heavy atom. The smallest absolute Gasteiger partial charge is 0.303 e. The van der Waals surface area contributed by atoms with Gasteiger partial charge in [-0.3, -0.25) is 33.3 Å². The fraction of sp³-hybridized carbons (Fsp3) is 0.821. The van der Waals surface area contributed by atoms with Crippen molar-refractivity contribution in [2.45, 2.75) is 263 Å². The number of nitrogens with zero attached hydrogens (tertiary/aromatic N) is 1. The van der Waals surface area contributed by atoms with Crippen molar-refractivity contribution in [3.05, 3.63) is 24.3 Å². The SMILES string of the molecule is CCCCCC1OC1CC=CCCCCCCCC(=O)NC[N+](C)(CCC[C@H]1OC(COC(C)=O)[C@@H](OC(C)=O)[C@H](OC(C)=O)C1OC(C)=O)CNC(=O)CCCCCCCC=CCC1OC1CCCCC. The number of quaternary nitrogens is 1. The standard InChI is InChI=1S/C56H95N3O13/c1-8-10-24-31-46-48(70-46)33-26-20-16-12-14-18-22-28-36-52(64)57-40-59(7,41-58-53(65)37-29-23-19-15-13-17-21-27-34-49-47(71-49)32-25-11-9-2)38-30-35-50-54(67-43(4)61)56(69-45(6)63)55(68-44(5)62)51(72-50)39-66-42(3)60/h20-21,26-27,46-51,54-56H,8-19,22-25,28-41H2,1-7H3,(H-,57,58,64,65)/p+1/t46?,47?,48?,49?,50-,51?,54?,55-,56-,59?/m1/s1. The zero-order valence-corrected chi connectivity index (χ0v) is 45.5. The van der Waals surface area contributed by atoms with Crippen LogP contribution in [0.3, 0.4) is 0 Å². The predicted molar refractivity (Wildman–Crippen MR) is 276 cm³/mol. The van der Waals surface area contributed by atoms with Crippen LogP contribution in [-0.2, 0) is 61.9 Å². The monoisotopic (exact) mass is 1020 g/mol. The van der Waals surface area contributed by atoms with Crippen LogP contribution in [0.15, 0.2) is 24.3 Å². The number of allylic oxidation sites excluding steroid dienone is 2. The fourth-order valence-corrected chi connectivity index (χ4v) is 9.50. The predicted octanol–water partition coefficient (Wildman–Crippen LogP) is 9.54. The van der Waals surface area contributed by atoms with Gasteiger partial charge in [-0.05, 0) is 77.0 Å². The number of carbonyl (C=O) groups excluding carboxylic acids is 6.